The number of aryl methyl sites for hydroxylation is 1. The van der Waals surface area contributed by atoms with Gasteiger partial charge in [0.25, 0.3) is 0 Å². The van der Waals surface area contributed by atoms with Crippen molar-refractivity contribution in [1.82, 2.24) is 0 Å². The second kappa shape index (κ2) is 7.71. The number of carbonyl (C=O) groups excluding carboxylic acids is 1. The molecule has 0 atom stereocenters. The molecule has 4 nitrogen and oxygen atoms in total. The fourth-order valence-corrected chi connectivity index (χ4v) is 2.28. The first kappa shape index (κ1) is 16.2. The van der Waals surface area contributed by atoms with Gasteiger partial charge in [0.1, 0.15) is 11.5 Å². The smallest absolute Gasteiger partial charge is 0.224 e. The number of nitrogens with one attached hydrogen (secondary N) is 1. The van der Waals surface area contributed by atoms with Crippen LogP contribution in [-0.4, -0.2) is 20.1 Å². The van der Waals surface area contributed by atoms with E-state index in [-0.39, 0.29) is 5.91 Å². The molecular weight excluding hydrogens is 302 g/mol. The van der Waals surface area contributed by atoms with Gasteiger partial charge >= 0.3 is 0 Å². The van der Waals surface area contributed by atoms with E-state index >= 15 is 0 Å². The molecule has 0 aromatic heterocycles. The molecule has 0 spiro atoms. The number of hydrogen-bond donors (Lipinski definition) is 1. The Bertz CT molecular complexity index is 641. The summed E-state index contributed by atoms with van der Waals surface area (Å²) in [7, 11) is 3.18. The maximum Gasteiger partial charge on any atom is 0.224 e. The molecule has 0 saturated carbocycles. The molecule has 1 N–H and O–H groups in total. The largest absolute Gasteiger partial charge is 0.497 e. The summed E-state index contributed by atoms with van der Waals surface area (Å²) >= 11 is 6.03. The molecule has 0 unspecified atom stereocenters. The second-order valence-electron chi connectivity index (χ2n) is 4.75. The average Bonchev–Trinajstić information content (AvgIpc) is 2.53. The van der Waals surface area contributed by atoms with E-state index in [0.717, 1.165) is 11.3 Å². The van der Waals surface area contributed by atoms with Crippen LogP contribution in [0, 0.1) is 0 Å². The Balaban J connectivity index is 1.88. The zero-order valence-corrected chi connectivity index (χ0v) is 13.3. The predicted octanol–water partition coefficient (Wildman–Crippen LogP) is 3.93. The van der Waals surface area contributed by atoms with E-state index in [0.29, 0.717) is 29.3 Å². The molecule has 0 bridgehead atoms. The molecule has 2 rings (SSSR count). The highest BCUT2D eigenvalue weighted by Gasteiger charge is 2.06. The summed E-state index contributed by atoms with van der Waals surface area (Å²) in [6, 6.07) is 12.8. The second-order valence-corrected chi connectivity index (χ2v) is 5.15. The summed E-state index contributed by atoms with van der Waals surface area (Å²) in [5.41, 5.74) is 1.74. The molecule has 0 saturated heterocycles. The predicted molar refractivity (Wildman–Crippen MR) is 87.9 cm³/mol. The summed E-state index contributed by atoms with van der Waals surface area (Å²) in [4.78, 5) is 12.0. The highest BCUT2D eigenvalue weighted by Crippen LogP contribution is 2.27. The minimum Gasteiger partial charge on any atom is -0.497 e. The molecule has 0 heterocycles. The summed E-state index contributed by atoms with van der Waals surface area (Å²) in [6.45, 7) is 0. The van der Waals surface area contributed by atoms with Crippen molar-refractivity contribution in [2.24, 2.45) is 0 Å². The lowest BCUT2D eigenvalue weighted by Crippen LogP contribution is -2.12. The van der Waals surface area contributed by atoms with Crippen molar-refractivity contribution in [2.75, 3.05) is 19.5 Å². The summed E-state index contributed by atoms with van der Waals surface area (Å²) in [5, 5.41) is 3.29. The fraction of sp³-hybridized carbons (Fsp3) is 0.235. The average molecular weight is 320 g/mol. The van der Waals surface area contributed by atoms with Crippen molar-refractivity contribution >= 4 is 23.2 Å². The first-order chi connectivity index (χ1) is 10.6. The summed E-state index contributed by atoms with van der Waals surface area (Å²) < 4.78 is 10.2. The molecule has 0 aliphatic carbocycles. The third-order valence-corrected chi connectivity index (χ3v) is 3.53. The zero-order chi connectivity index (χ0) is 15.9. The lowest BCUT2D eigenvalue weighted by Gasteiger charge is -2.08. The molecule has 2 aromatic carbocycles. The lowest BCUT2D eigenvalue weighted by atomic mass is 10.1. The zero-order valence-electron chi connectivity index (χ0n) is 12.6. The number of ether oxygens (including phenoxy) is 2. The van der Waals surface area contributed by atoms with Crippen LogP contribution in [0.2, 0.25) is 5.02 Å². The molecule has 22 heavy (non-hydrogen) atoms. The maximum absolute atomic E-state index is 12.0. The number of anilines is 1. The SMILES string of the molecule is COc1ccc(CCC(=O)Nc2ccc(OC)c(Cl)c2)cc1. The van der Waals surface area contributed by atoms with Crippen molar-refractivity contribution in [3.05, 3.63) is 53.1 Å². The van der Waals surface area contributed by atoms with Crippen LogP contribution >= 0.6 is 11.6 Å². The molecule has 116 valence electrons. The van der Waals surface area contributed by atoms with Gasteiger partial charge in [0.15, 0.2) is 0 Å². The fourth-order valence-electron chi connectivity index (χ4n) is 2.02. The molecule has 5 heteroatoms. The van der Waals surface area contributed by atoms with Crippen LogP contribution in [0.5, 0.6) is 11.5 Å². The van der Waals surface area contributed by atoms with Crippen LogP contribution < -0.4 is 14.8 Å². The van der Waals surface area contributed by atoms with Gasteiger partial charge in [-0.3, -0.25) is 4.79 Å². The Kier molecular flexibility index (Phi) is 5.67. The first-order valence-corrected chi connectivity index (χ1v) is 7.26. The molecule has 0 fully saturated rings. The van der Waals surface area contributed by atoms with Crippen LogP contribution in [0.25, 0.3) is 0 Å². The van der Waals surface area contributed by atoms with E-state index in [1.54, 1.807) is 32.4 Å². The van der Waals surface area contributed by atoms with E-state index in [9.17, 15) is 4.79 Å². The normalized spacial score (nSPS) is 10.1. The molecule has 0 radical (unpaired) electrons. The van der Waals surface area contributed by atoms with Crippen LogP contribution in [0.4, 0.5) is 5.69 Å². The van der Waals surface area contributed by atoms with Crippen LogP contribution in [0.3, 0.4) is 0 Å². The Morgan fingerprint density at radius 3 is 2.41 bits per heavy atom. The van der Waals surface area contributed by atoms with Gasteiger partial charge in [-0.05, 0) is 42.3 Å². The van der Waals surface area contributed by atoms with Gasteiger partial charge in [0.2, 0.25) is 5.91 Å². The Labute approximate surface area is 135 Å². The van der Waals surface area contributed by atoms with Gasteiger partial charge in [0, 0.05) is 12.1 Å². The lowest BCUT2D eigenvalue weighted by molar-refractivity contribution is -0.116. The molecule has 1 amide bonds. The van der Waals surface area contributed by atoms with Crippen LogP contribution in [-0.2, 0) is 11.2 Å². The number of halogens is 1. The third-order valence-electron chi connectivity index (χ3n) is 3.24. The van der Waals surface area contributed by atoms with Gasteiger partial charge in [-0.1, -0.05) is 23.7 Å². The van der Waals surface area contributed by atoms with E-state index in [4.69, 9.17) is 21.1 Å². The van der Waals surface area contributed by atoms with Crippen molar-refractivity contribution in [3.8, 4) is 11.5 Å². The van der Waals surface area contributed by atoms with E-state index < -0.39 is 0 Å². The van der Waals surface area contributed by atoms with Crippen molar-refractivity contribution in [2.45, 2.75) is 12.8 Å². The van der Waals surface area contributed by atoms with E-state index in [2.05, 4.69) is 5.32 Å². The Morgan fingerprint density at radius 1 is 1.09 bits per heavy atom. The van der Waals surface area contributed by atoms with Gasteiger partial charge < -0.3 is 14.8 Å². The first-order valence-electron chi connectivity index (χ1n) is 6.88. The number of benzene rings is 2. The van der Waals surface area contributed by atoms with Crippen LogP contribution in [0.15, 0.2) is 42.5 Å². The summed E-state index contributed by atoms with van der Waals surface area (Å²) in [5.74, 6) is 1.33. The monoisotopic (exact) mass is 319 g/mol. The third kappa shape index (κ3) is 4.40. The van der Waals surface area contributed by atoms with Crippen molar-refractivity contribution < 1.29 is 14.3 Å². The summed E-state index contributed by atoms with van der Waals surface area (Å²) in [6.07, 6.45) is 1.07. The highest BCUT2D eigenvalue weighted by atomic mass is 35.5. The number of carbonyl (C=O) groups is 1. The van der Waals surface area contributed by atoms with Gasteiger partial charge in [-0.25, -0.2) is 0 Å². The standard InChI is InChI=1S/C17H18ClNO3/c1-21-14-7-3-12(4-8-14)5-10-17(20)19-13-6-9-16(22-2)15(18)11-13/h3-4,6-9,11H,5,10H2,1-2H3,(H,19,20). The molecule has 0 aliphatic rings. The molecule has 2 aromatic rings. The topological polar surface area (TPSA) is 47.6 Å². The quantitative estimate of drug-likeness (QED) is 0.877. The molecular formula is C17H18ClNO3. The van der Waals surface area contributed by atoms with Crippen molar-refractivity contribution in [1.29, 1.82) is 0 Å². The number of rotatable bonds is 6. The Morgan fingerprint density at radius 2 is 1.82 bits per heavy atom. The van der Waals surface area contributed by atoms with Crippen LogP contribution in [0.1, 0.15) is 12.0 Å². The van der Waals surface area contributed by atoms with E-state index in [1.165, 1.54) is 0 Å². The Hall–Kier alpha value is -2.20. The molecule has 0 aliphatic heterocycles. The minimum absolute atomic E-state index is 0.0583. The van der Waals surface area contributed by atoms with Gasteiger partial charge in [-0.15, -0.1) is 0 Å². The highest BCUT2D eigenvalue weighted by molar-refractivity contribution is 6.32. The van der Waals surface area contributed by atoms with E-state index in [1.807, 2.05) is 24.3 Å². The number of amides is 1. The van der Waals surface area contributed by atoms with Crippen molar-refractivity contribution in [3.63, 3.8) is 0 Å². The number of hydrogen-bond acceptors (Lipinski definition) is 3. The maximum atomic E-state index is 12.0. The minimum atomic E-state index is -0.0583. The number of methoxy groups -OCH3 is 2. The van der Waals surface area contributed by atoms with Gasteiger partial charge in [-0.2, -0.15) is 0 Å². The van der Waals surface area contributed by atoms with Gasteiger partial charge in [0.05, 0.1) is 19.2 Å².